The van der Waals surface area contributed by atoms with E-state index in [0.29, 0.717) is 40.8 Å². The molecule has 0 atom stereocenters. The van der Waals surface area contributed by atoms with Gasteiger partial charge in [0.05, 0.1) is 39.7 Å². The van der Waals surface area contributed by atoms with Gasteiger partial charge in [-0.25, -0.2) is 0 Å². The molecule has 0 saturated heterocycles. The lowest BCUT2D eigenvalue weighted by Crippen LogP contribution is -2.16. The molecule has 0 spiro atoms. The zero-order valence-corrected chi connectivity index (χ0v) is 21.5. The van der Waals surface area contributed by atoms with Crippen molar-refractivity contribution in [3.8, 4) is 23.0 Å². The van der Waals surface area contributed by atoms with E-state index in [-0.39, 0.29) is 5.91 Å². The quantitative estimate of drug-likeness (QED) is 0.358. The van der Waals surface area contributed by atoms with E-state index in [1.165, 1.54) is 11.3 Å². The molecule has 2 aromatic carbocycles. The van der Waals surface area contributed by atoms with Crippen LogP contribution in [0.4, 0.5) is 10.7 Å². The number of benzene rings is 2. The maximum atomic E-state index is 13.7. The standard InChI is InChI=1S/C27H32N2O5S/c1-31-18-13-14-21(32-2)20(15-18)29-26(30)24-19-10-6-5-7-12-23(19)35-27(24)28-16-17-9-8-11-22(33-3)25(17)34-4/h8-9,11,13-15,28H,5-7,10,12,16H2,1-4H3,(H,29,30). The number of methoxy groups -OCH3 is 4. The first-order valence-electron chi connectivity index (χ1n) is 11.7. The number of fused-ring (bicyclic) bond motifs is 1. The van der Waals surface area contributed by atoms with Crippen molar-refractivity contribution in [3.05, 3.63) is 58.0 Å². The zero-order chi connectivity index (χ0) is 24.8. The second-order valence-electron chi connectivity index (χ2n) is 8.30. The summed E-state index contributed by atoms with van der Waals surface area (Å²) in [6.07, 6.45) is 5.29. The van der Waals surface area contributed by atoms with Crippen LogP contribution in [0.5, 0.6) is 23.0 Å². The van der Waals surface area contributed by atoms with Gasteiger partial charge in [-0.2, -0.15) is 0 Å². The number of rotatable bonds is 9. The van der Waals surface area contributed by atoms with Gasteiger partial charge >= 0.3 is 0 Å². The first-order valence-corrected chi connectivity index (χ1v) is 12.5. The van der Waals surface area contributed by atoms with E-state index in [1.54, 1.807) is 58.0 Å². The van der Waals surface area contributed by atoms with E-state index in [1.807, 2.05) is 18.2 Å². The number of amides is 1. The number of aryl methyl sites for hydroxylation is 1. The van der Waals surface area contributed by atoms with E-state index in [9.17, 15) is 4.79 Å². The van der Waals surface area contributed by atoms with Crippen LogP contribution >= 0.6 is 11.3 Å². The number of carbonyl (C=O) groups is 1. The molecular weight excluding hydrogens is 464 g/mol. The number of hydrogen-bond acceptors (Lipinski definition) is 7. The molecule has 0 aliphatic heterocycles. The number of anilines is 2. The third kappa shape index (κ3) is 5.32. The van der Waals surface area contributed by atoms with Crippen molar-refractivity contribution in [2.75, 3.05) is 39.1 Å². The SMILES string of the molecule is COc1ccc(OC)c(NC(=O)c2c(NCc3cccc(OC)c3OC)sc3c2CCCCC3)c1. The van der Waals surface area contributed by atoms with Crippen LogP contribution in [-0.2, 0) is 19.4 Å². The van der Waals surface area contributed by atoms with Gasteiger partial charge in [-0.1, -0.05) is 18.6 Å². The van der Waals surface area contributed by atoms with Crippen LogP contribution in [0.25, 0.3) is 0 Å². The lowest BCUT2D eigenvalue weighted by Gasteiger charge is -2.15. The van der Waals surface area contributed by atoms with E-state index in [2.05, 4.69) is 10.6 Å². The molecule has 0 unspecified atom stereocenters. The highest BCUT2D eigenvalue weighted by Gasteiger charge is 2.26. The summed E-state index contributed by atoms with van der Waals surface area (Å²) in [5, 5.41) is 7.45. The summed E-state index contributed by atoms with van der Waals surface area (Å²) >= 11 is 1.67. The number of para-hydroxylation sites is 1. The molecule has 1 amide bonds. The Balaban J connectivity index is 1.67. The molecule has 3 aromatic rings. The van der Waals surface area contributed by atoms with Gasteiger partial charge in [0.1, 0.15) is 16.5 Å². The average Bonchev–Trinajstić information content (AvgIpc) is 3.07. The molecule has 7 nitrogen and oxygen atoms in total. The Morgan fingerprint density at radius 3 is 2.46 bits per heavy atom. The third-order valence-corrected chi connectivity index (χ3v) is 7.48. The fourth-order valence-corrected chi connectivity index (χ4v) is 5.75. The fraction of sp³-hybridized carbons (Fsp3) is 0.370. The van der Waals surface area contributed by atoms with E-state index >= 15 is 0 Å². The van der Waals surface area contributed by atoms with Crippen molar-refractivity contribution in [3.63, 3.8) is 0 Å². The van der Waals surface area contributed by atoms with Crippen molar-refractivity contribution in [1.29, 1.82) is 0 Å². The van der Waals surface area contributed by atoms with Gasteiger partial charge in [0, 0.05) is 23.1 Å². The zero-order valence-electron chi connectivity index (χ0n) is 20.7. The average molecular weight is 497 g/mol. The number of thiophene rings is 1. The number of hydrogen-bond donors (Lipinski definition) is 2. The molecule has 1 heterocycles. The summed E-state index contributed by atoms with van der Waals surface area (Å²) in [6.45, 7) is 0.503. The Labute approximate surface area is 210 Å². The van der Waals surface area contributed by atoms with E-state index in [4.69, 9.17) is 18.9 Å². The van der Waals surface area contributed by atoms with Crippen molar-refractivity contribution >= 4 is 27.9 Å². The van der Waals surface area contributed by atoms with Crippen LogP contribution in [0.1, 0.15) is 45.6 Å². The van der Waals surface area contributed by atoms with Crippen LogP contribution < -0.4 is 29.6 Å². The van der Waals surface area contributed by atoms with Gasteiger partial charge in [0.2, 0.25) is 0 Å². The van der Waals surface area contributed by atoms with Crippen molar-refractivity contribution in [1.82, 2.24) is 0 Å². The van der Waals surface area contributed by atoms with Gasteiger partial charge in [-0.15, -0.1) is 11.3 Å². The van der Waals surface area contributed by atoms with Crippen LogP contribution in [0.2, 0.25) is 0 Å². The highest BCUT2D eigenvalue weighted by atomic mass is 32.1. The second kappa shape index (κ2) is 11.4. The lowest BCUT2D eigenvalue weighted by molar-refractivity contribution is 0.102. The minimum atomic E-state index is -0.156. The molecule has 35 heavy (non-hydrogen) atoms. The monoisotopic (exact) mass is 496 g/mol. The normalized spacial score (nSPS) is 12.8. The van der Waals surface area contributed by atoms with Crippen LogP contribution in [0.15, 0.2) is 36.4 Å². The smallest absolute Gasteiger partial charge is 0.259 e. The van der Waals surface area contributed by atoms with Crippen LogP contribution in [-0.4, -0.2) is 34.3 Å². The Morgan fingerprint density at radius 1 is 0.914 bits per heavy atom. The first kappa shape index (κ1) is 24.7. The second-order valence-corrected chi connectivity index (χ2v) is 9.40. The predicted octanol–water partition coefficient (Wildman–Crippen LogP) is 5.92. The molecule has 0 saturated carbocycles. The largest absolute Gasteiger partial charge is 0.497 e. The first-order chi connectivity index (χ1) is 17.1. The van der Waals surface area contributed by atoms with Crippen LogP contribution in [0, 0.1) is 0 Å². The van der Waals surface area contributed by atoms with Crippen molar-refractivity contribution in [2.24, 2.45) is 0 Å². The summed E-state index contributed by atoms with van der Waals surface area (Å²) in [5.74, 6) is 2.44. The van der Waals surface area contributed by atoms with Gasteiger partial charge in [-0.3, -0.25) is 4.79 Å². The fourth-order valence-electron chi connectivity index (χ4n) is 4.47. The van der Waals surface area contributed by atoms with E-state index in [0.717, 1.165) is 41.8 Å². The third-order valence-electron chi connectivity index (χ3n) is 6.23. The van der Waals surface area contributed by atoms with E-state index < -0.39 is 0 Å². The minimum Gasteiger partial charge on any atom is -0.497 e. The summed E-state index contributed by atoms with van der Waals surface area (Å²) in [5.41, 5.74) is 3.38. The molecule has 8 heteroatoms. The predicted molar refractivity (Wildman–Crippen MR) is 140 cm³/mol. The Hall–Kier alpha value is -3.39. The highest BCUT2D eigenvalue weighted by Crippen LogP contribution is 2.40. The Morgan fingerprint density at radius 2 is 1.71 bits per heavy atom. The highest BCUT2D eigenvalue weighted by molar-refractivity contribution is 7.16. The Bertz CT molecular complexity index is 1190. The van der Waals surface area contributed by atoms with Gasteiger partial charge in [0.15, 0.2) is 11.5 Å². The summed E-state index contributed by atoms with van der Waals surface area (Å²) in [6, 6.07) is 11.2. The summed E-state index contributed by atoms with van der Waals surface area (Å²) < 4.78 is 21.8. The van der Waals surface area contributed by atoms with Gasteiger partial charge in [0.25, 0.3) is 5.91 Å². The molecule has 1 aliphatic rings. The molecule has 4 rings (SSSR count). The number of carbonyl (C=O) groups excluding carboxylic acids is 1. The van der Waals surface area contributed by atoms with Crippen LogP contribution in [0.3, 0.4) is 0 Å². The topological polar surface area (TPSA) is 78.1 Å². The molecule has 0 bridgehead atoms. The summed E-state index contributed by atoms with van der Waals surface area (Å²) in [4.78, 5) is 15.0. The lowest BCUT2D eigenvalue weighted by atomic mass is 10.0. The maximum Gasteiger partial charge on any atom is 0.259 e. The van der Waals surface area contributed by atoms with Crippen molar-refractivity contribution < 1.29 is 23.7 Å². The maximum absolute atomic E-state index is 13.7. The Kier molecular flexibility index (Phi) is 8.02. The molecular formula is C27H32N2O5S. The van der Waals surface area contributed by atoms with Crippen molar-refractivity contribution in [2.45, 2.75) is 38.6 Å². The summed E-state index contributed by atoms with van der Waals surface area (Å²) in [7, 11) is 6.44. The number of nitrogens with one attached hydrogen (secondary N) is 2. The molecule has 2 N–H and O–H groups in total. The minimum absolute atomic E-state index is 0.156. The van der Waals surface area contributed by atoms with Gasteiger partial charge < -0.3 is 29.6 Å². The molecule has 186 valence electrons. The van der Waals surface area contributed by atoms with Gasteiger partial charge in [-0.05, 0) is 49.4 Å². The molecule has 0 fully saturated rings. The molecule has 1 aliphatic carbocycles. The molecule has 1 aromatic heterocycles. The molecule has 0 radical (unpaired) electrons. The number of ether oxygens (including phenoxy) is 4.